The fraction of sp³-hybridized carbons (Fsp3) is 0.417. The minimum absolute atomic E-state index is 0.0591. The van der Waals surface area contributed by atoms with Crippen LogP contribution in [0.1, 0.15) is 30.9 Å². The molecule has 15 heavy (non-hydrogen) atoms. The molecule has 0 aromatic carbocycles. The van der Waals surface area contributed by atoms with E-state index in [1.54, 1.807) is 13.3 Å². The van der Waals surface area contributed by atoms with Gasteiger partial charge in [-0.25, -0.2) is 4.98 Å². The highest BCUT2D eigenvalue weighted by molar-refractivity contribution is 5.35. The molecular formula is C12H16N2O. The molecule has 0 saturated heterocycles. The maximum atomic E-state index is 6.19. The van der Waals surface area contributed by atoms with Crippen molar-refractivity contribution in [3.05, 3.63) is 35.5 Å². The molecule has 3 heteroatoms. The number of nitrogens with two attached hydrogens (primary N) is 1. The lowest BCUT2D eigenvalue weighted by Crippen LogP contribution is -2.13. The lowest BCUT2D eigenvalue weighted by atomic mass is 10.0. The van der Waals surface area contributed by atoms with Crippen LogP contribution >= 0.6 is 0 Å². The molecule has 0 saturated carbocycles. The van der Waals surface area contributed by atoms with E-state index in [1.165, 1.54) is 12.0 Å². The second kappa shape index (κ2) is 4.45. The van der Waals surface area contributed by atoms with Crippen LogP contribution in [0.25, 0.3) is 0 Å². The van der Waals surface area contributed by atoms with Crippen molar-refractivity contribution in [1.29, 1.82) is 0 Å². The number of hydrogen-bond acceptors (Lipinski definition) is 3. The van der Waals surface area contributed by atoms with Crippen molar-refractivity contribution in [1.82, 2.24) is 4.98 Å². The third-order valence-electron chi connectivity index (χ3n) is 2.80. The van der Waals surface area contributed by atoms with E-state index < -0.39 is 0 Å². The number of nitrogens with zero attached hydrogens (tertiary/aromatic N) is 1. The zero-order valence-electron chi connectivity index (χ0n) is 8.94. The lowest BCUT2D eigenvalue weighted by Gasteiger charge is -2.15. The first-order chi connectivity index (χ1) is 7.33. The molecule has 1 atom stereocenters. The summed E-state index contributed by atoms with van der Waals surface area (Å²) in [4.78, 5) is 4.16. The van der Waals surface area contributed by atoms with Crippen molar-refractivity contribution >= 4 is 0 Å². The van der Waals surface area contributed by atoms with Crippen molar-refractivity contribution in [2.75, 3.05) is 7.11 Å². The molecule has 1 heterocycles. The Bertz CT molecular complexity index is 374. The van der Waals surface area contributed by atoms with Crippen LogP contribution < -0.4 is 10.5 Å². The molecule has 1 aromatic heterocycles. The molecule has 2 N–H and O–H groups in total. The number of allylic oxidation sites excluding steroid dienone is 1. The quantitative estimate of drug-likeness (QED) is 0.768. The molecule has 0 radical (unpaired) electrons. The molecule has 0 spiro atoms. The SMILES string of the molecule is COc1ncccc1C(N)C1=CCCC1. The van der Waals surface area contributed by atoms with Gasteiger partial charge < -0.3 is 10.5 Å². The van der Waals surface area contributed by atoms with E-state index in [1.807, 2.05) is 12.1 Å². The van der Waals surface area contributed by atoms with E-state index >= 15 is 0 Å². The molecule has 0 amide bonds. The van der Waals surface area contributed by atoms with Gasteiger partial charge in [0.2, 0.25) is 5.88 Å². The summed E-state index contributed by atoms with van der Waals surface area (Å²) >= 11 is 0. The summed E-state index contributed by atoms with van der Waals surface area (Å²) in [5.74, 6) is 0.637. The van der Waals surface area contributed by atoms with Gasteiger partial charge >= 0.3 is 0 Å². The van der Waals surface area contributed by atoms with Gasteiger partial charge in [0.25, 0.3) is 0 Å². The Morgan fingerprint density at radius 3 is 3.07 bits per heavy atom. The summed E-state index contributed by atoms with van der Waals surface area (Å²) in [6.07, 6.45) is 7.41. The second-order valence-corrected chi connectivity index (χ2v) is 3.75. The van der Waals surface area contributed by atoms with Crippen molar-refractivity contribution in [2.45, 2.75) is 25.3 Å². The normalized spacial score (nSPS) is 17.3. The maximum Gasteiger partial charge on any atom is 0.218 e. The molecule has 80 valence electrons. The van der Waals surface area contributed by atoms with Crippen LogP contribution in [0.3, 0.4) is 0 Å². The van der Waals surface area contributed by atoms with Crippen LogP contribution in [0.4, 0.5) is 0 Å². The minimum Gasteiger partial charge on any atom is -0.481 e. The fourth-order valence-electron chi connectivity index (χ4n) is 1.99. The third-order valence-corrected chi connectivity index (χ3v) is 2.80. The number of rotatable bonds is 3. The van der Waals surface area contributed by atoms with E-state index in [0.717, 1.165) is 18.4 Å². The zero-order chi connectivity index (χ0) is 10.7. The van der Waals surface area contributed by atoms with Crippen LogP contribution in [0.5, 0.6) is 5.88 Å². The summed E-state index contributed by atoms with van der Waals surface area (Å²) in [7, 11) is 1.63. The minimum atomic E-state index is -0.0591. The molecule has 3 nitrogen and oxygen atoms in total. The third kappa shape index (κ3) is 2.02. The summed E-state index contributed by atoms with van der Waals surface area (Å²) in [6, 6.07) is 3.82. The molecular weight excluding hydrogens is 188 g/mol. The van der Waals surface area contributed by atoms with Crippen molar-refractivity contribution in [3.8, 4) is 5.88 Å². The predicted octanol–water partition coefficient (Wildman–Crippen LogP) is 2.20. The molecule has 1 aromatic rings. The highest BCUT2D eigenvalue weighted by Crippen LogP contribution is 2.32. The molecule has 1 aliphatic rings. The molecule has 1 aliphatic carbocycles. The standard InChI is InChI=1S/C12H16N2O/c1-15-12-10(7-4-8-14-12)11(13)9-5-2-3-6-9/h4-5,7-8,11H,2-3,6,13H2,1H3. The maximum absolute atomic E-state index is 6.19. The summed E-state index contributed by atoms with van der Waals surface area (Å²) in [6.45, 7) is 0. The topological polar surface area (TPSA) is 48.1 Å². The molecule has 0 fully saturated rings. The zero-order valence-corrected chi connectivity index (χ0v) is 8.94. The fourth-order valence-corrected chi connectivity index (χ4v) is 1.99. The lowest BCUT2D eigenvalue weighted by molar-refractivity contribution is 0.390. The van der Waals surface area contributed by atoms with E-state index in [4.69, 9.17) is 10.5 Å². The largest absolute Gasteiger partial charge is 0.481 e. The van der Waals surface area contributed by atoms with Gasteiger partial charge in [-0.2, -0.15) is 0 Å². The Morgan fingerprint density at radius 1 is 1.53 bits per heavy atom. The smallest absolute Gasteiger partial charge is 0.218 e. The molecule has 0 aliphatic heterocycles. The summed E-state index contributed by atoms with van der Waals surface area (Å²) in [5, 5.41) is 0. The van der Waals surface area contributed by atoms with E-state index in [0.29, 0.717) is 5.88 Å². The summed E-state index contributed by atoms with van der Waals surface area (Å²) in [5.41, 5.74) is 8.47. The number of aromatic nitrogens is 1. The monoisotopic (exact) mass is 204 g/mol. The number of hydrogen-bond donors (Lipinski definition) is 1. The van der Waals surface area contributed by atoms with Crippen LogP contribution in [-0.4, -0.2) is 12.1 Å². The molecule has 1 unspecified atom stereocenters. The van der Waals surface area contributed by atoms with Gasteiger partial charge in [-0.05, 0) is 25.3 Å². The van der Waals surface area contributed by atoms with Gasteiger partial charge in [0.1, 0.15) is 0 Å². The van der Waals surface area contributed by atoms with Crippen LogP contribution in [0.15, 0.2) is 30.0 Å². The highest BCUT2D eigenvalue weighted by atomic mass is 16.5. The highest BCUT2D eigenvalue weighted by Gasteiger charge is 2.18. The first-order valence-corrected chi connectivity index (χ1v) is 5.26. The Balaban J connectivity index is 2.27. The summed E-state index contributed by atoms with van der Waals surface area (Å²) < 4.78 is 5.21. The number of ether oxygens (including phenoxy) is 1. The van der Waals surface area contributed by atoms with Gasteiger partial charge in [-0.15, -0.1) is 0 Å². The Kier molecular flexibility index (Phi) is 3.02. The van der Waals surface area contributed by atoms with E-state index in [-0.39, 0.29) is 6.04 Å². The van der Waals surface area contributed by atoms with Crippen molar-refractivity contribution in [2.24, 2.45) is 5.73 Å². The van der Waals surface area contributed by atoms with E-state index in [9.17, 15) is 0 Å². The van der Waals surface area contributed by atoms with Gasteiger partial charge in [0.05, 0.1) is 13.2 Å². The number of methoxy groups -OCH3 is 1. The predicted molar refractivity (Wildman–Crippen MR) is 59.7 cm³/mol. The van der Waals surface area contributed by atoms with Gasteiger partial charge in [-0.3, -0.25) is 0 Å². The van der Waals surface area contributed by atoms with Crippen LogP contribution in [0.2, 0.25) is 0 Å². The van der Waals surface area contributed by atoms with Gasteiger partial charge in [-0.1, -0.05) is 17.7 Å². The van der Waals surface area contributed by atoms with Crippen LogP contribution in [-0.2, 0) is 0 Å². The number of pyridine rings is 1. The Labute approximate surface area is 90.0 Å². The van der Waals surface area contributed by atoms with Crippen molar-refractivity contribution < 1.29 is 4.74 Å². The average molecular weight is 204 g/mol. The average Bonchev–Trinajstić information content (AvgIpc) is 2.81. The molecule has 0 bridgehead atoms. The first-order valence-electron chi connectivity index (χ1n) is 5.26. The Hall–Kier alpha value is -1.35. The molecule has 2 rings (SSSR count). The Morgan fingerprint density at radius 2 is 2.40 bits per heavy atom. The van der Waals surface area contributed by atoms with Gasteiger partial charge in [0.15, 0.2) is 0 Å². The van der Waals surface area contributed by atoms with Gasteiger partial charge in [0, 0.05) is 11.8 Å². The second-order valence-electron chi connectivity index (χ2n) is 3.75. The van der Waals surface area contributed by atoms with E-state index in [2.05, 4.69) is 11.1 Å². The van der Waals surface area contributed by atoms with Crippen LogP contribution in [0, 0.1) is 0 Å². The van der Waals surface area contributed by atoms with Crippen molar-refractivity contribution in [3.63, 3.8) is 0 Å². The first kappa shape index (κ1) is 10.2.